The predicted octanol–water partition coefficient (Wildman–Crippen LogP) is 1.75. The number of hydrogen-bond acceptors (Lipinski definition) is 4. The Bertz CT molecular complexity index is 484. The van der Waals surface area contributed by atoms with Crippen LogP contribution in [0, 0.1) is 5.92 Å². The van der Waals surface area contributed by atoms with E-state index in [1.807, 2.05) is 0 Å². The number of anilines is 1. The second kappa shape index (κ2) is 8.24. The topological polar surface area (TPSA) is 81.4 Å². The van der Waals surface area contributed by atoms with Gasteiger partial charge in [0, 0.05) is 25.4 Å². The second-order valence-electron chi connectivity index (χ2n) is 5.22. The number of nitrogen functional groups attached to an aromatic ring is 1. The first-order valence-corrected chi connectivity index (χ1v) is 8.44. The van der Waals surface area contributed by atoms with Gasteiger partial charge in [0.05, 0.1) is 5.75 Å². The van der Waals surface area contributed by atoms with Crippen LogP contribution in [-0.4, -0.2) is 28.2 Å². The van der Waals surface area contributed by atoms with Crippen LogP contribution in [0.5, 0.6) is 0 Å². The highest BCUT2D eigenvalue weighted by atomic mass is 32.2. The number of hydrogen-bond donors (Lipinski definition) is 2. The first kappa shape index (κ1) is 16.9. The third-order valence-corrected chi connectivity index (χ3v) is 3.93. The number of rotatable bonds is 9. The van der Waals surface area contributed by atoms with Crippen molar-refractivity contribution in [1.82, 2.24) is 4.72 Å². The number of sulfonamides is 1. The monoisotopic (exact) mass is 300 g/mol. The Morgan fingerprint density at radius 3 is 2.50 bits per heavy atom. The third kappa shape index (κ3) is 7.47. The average molecular weight is 300 g/mol. The number of benzene rings is 1. The molecule has 0 unspecified atom stereocenters. The van der Waals surface area contributed by atoms with Gasteiger partial charge in [0.25, 0.3) is 0 Å². The van der Waals surface area contributed by atoms with E-state index in [-0.39, 0.29) is 5.75 Å². The maximum atomic E-state index is 11.8. The maximum absolute atomic E-state index is 11.8. The molecule has 0 fully saturated rings. The summed E-state index contributed by atoms with van der Waals surface area (Å²) in [4.78, 5) is 0. The van der Waals surface area contributed by atoms with E-state index in [4.69, 9.17) is 10.5 Å². The highest BCUT2D eigenvalue weighted by Gasteiger charge is 2.10. The Labute approximate surface area is 121 Å². The molecule has 0 bridgehead atoms. The molecule has 0 aliphatic heterocycles. The van der Waals surface area contributed by atoms with Crippen molar-refractivity contribution in [3.63, 3.8) is 0 Å². The van der Waals surface area contributed by atoms with Gasteiger partial charge in [-0.1, -0.05) is 26.0 Å². The molecule has 1 aromatic carbocycles. The summed E-state index contributed by atoms with van der Waals surface area (Å²) in [6.45, 7) is 5.83. The average Bonchev–Trinajstić information content (AvgIpc) is 2.36. The molecular formula is C14H24N2O3S. The first-order chi connectivity index (χ1) is 9.39. The molecule has 0 aliphatic rings. The van der Waals surface area contributed by atoms with E-state index in [1.54, 1.807) is 24.3 Å². The van der Waals surface area contributed by atoms with Crippen molar-refractivity contribution in [3.05, 3.63) is 29.8 Å². The van der Waals surface area contributed by atoms with Gasteiger partial charge in [-0.25, -0.2) is 13.1 Å². The second-order valence-corrected chi connectivity index (χ2v) is 7.02. The largest absolute Gasteiger partial charge is 0.399 e. The van der Waals surface area contributed by atoms with E-state index in [0.717, 1.165) is 5.56 Å². The lowest BCUT2D eigenvalue weighted by molar-refractivity contribution is 0.108. The van der Waals surface area contributed by atoms with E-state index in [0.29, 0.717) is 37.8 Å². The smallest absolute Gasteiger partial charge is 0.215 e. The van der Waals surface area contributed by atoms with Gasteiger partial charge in [-0.05, 0) is 30.0 Å². The van der Waals surface area contributed by atoms with Crippen molar-refractivity contribution in [3.8, 4) is 0 Å². The molecule has 0 heterocycles. The van der Waals surface area contributed by atoms with Crippen LogP contribution in [0.3, 0.4) is 0 Å². The van der Waals surface area contributed by atoms with Crippen molar-refractivity contribution >= 4 is 15.7 Å². The summed E-state index contributed by atoms with van der Waals surface area (Å²) in [5.41, 5.74) is 6.91. The minimum Gasteiger partial charge on any atom is -0.399 e. The molecule has 3 N–H and O–H groups in total. The fourth-order valence-corrected chi connectivity index (χ4v) is 2.79. The van der Waals surface area contributed by atoms with Crippen LogP contribution in [0.4, 0.5) is 5.69 Å². The van der Waals surface area contributed by atoms with E-state index in [2.05, 4.69) is 18.6 Å². The summed E-state index contributed by atoms with van der Waals surface area (Å²) in [6, 6.07) is 6.84. The normalized spacial score (nSPS) is 11.9. The zero-order valence-electron chi connectivity index (χ0n) is 12.1. The van der Waals surface area contributed by atoms with E-state index >= 15 is 0 Å². The number of ether oxygens (including phenoxy) is 1. The molecular weight excluding hydrogens is 276 g/mol. The molecule has 0 spiro atoms. The van der Waals surface area contributed by atoms with Crippen LogP contribution in [0.2, 0.25) is 0 Å². The Balaban J connectivity index is 2.26. The third-order valence-electron chi connectivity index (χ3n) is 2.58. The maximum Gasteiger partial charge on any atom is 0.215 e. The molecule has 20 heavy (non-hydrogen) atoms. The molecule has 0 saturated carbocycles. The van der Waals surface area contributed by atoms with Gasteiger partial charge in [-0.3, -0.25) is 0 Å². The Hall–Kier alpha value is -1.11. The van der Waals surface area contributed by atoms with E-state index in [9.17, 15) is 8.42 Å². The first-order valence-electron chi connectivity index (χ1n) is 6.78. The van der Waals surface area contributed by atoms with Crippen LogP contribution in [0.15, 0.2) is 24.3 Å². The van der Waals surface area contributed by atoms with Crippen LogP contribution < -0.4 is 10.5 Å². The number of nitrogens with one attached hydrogen (secondary N) is 1. The Morgan fingerprint density at radius 1 is 1.25 bits per heavy atom. The summed E-state index contributed by atoms with van der Waals surface area (Å²) in [5.74, 6) is 0.470. The lowest BCUT2D eigenvalue weighted by Crippen LogP contribution is -2.27. The van der Waals surface area contributed by atoms with Crippen LogP contribution in [-0.2, 0) is 20.5 Å². The molecule has 114 valence electrons. The molecule has 0 aromatic heterocycles. The van der Waals surface area contributed by atoms with Crippen molar-refractivity contribution in [2.45, 2.75) is 26.0 Å². The SMILES string of the molecule is CC(C)COCCCNS(=O)(=O)Cc1ccc(N)cc1. The van der Waals surface area contributed by atoms with Gasteiger partial charge < -0.3 is 10.5 Å². The Morgan fingerprint density at radius 2 is 1.90 bits per heavy atom. The molecule has 0 amide bonds. The van der Waals surface area contributed by atoms with E-state index < -0.39 is 10.0 Å². The fourth-order valence-electron chi connectivity index (χ4n) is 1.61. The zero-order chi connectivity index (χ0) is 15.0. The van der Waals surface area contributed by atoms with Gasteiger partial charge in [0.1, 0.15) is 0 Å². The zero-order valence-corrected chi connectivity index (χ0v) is 12.9. The van der Waals surface area contributed by atoms with Crippen LogP contribution >= 0.6 is 0 Å². The summed E-state index contributed by atoms with van der Waals surface area (Å²) in [7, 11) is -3.30. The lowest BCUT2D eigenvalue weighted by Gasteiger charge is -2.08. The highest BCUT2D eigenvalue weighted by Crippen LogP contribution is 2.08. The highest BCUT2D eigenvalue weighted by molar-refractivity contribution is 7.88. The minimum atomic E-state index is -3.30. The molecule has 0 atom stereocenters. The molecule has 0 saturated heterocycles. The standard InChI is InChI=1S/C14H24N2O3S/c1-12(2)10-19-9-3-8-16-20(17,18)11-13-4-6-14(15)7-5-13/h4-7,12,16H,3,8-11,15H2,1-2H3. The molecule has 0 aliphatic carbocycles. The van der Waals surface area contributed by atoms with Crippen LogP contribution in [0.25, 0.3) is 0 Å². The summed E-state index contributed by atoms with van der Waals surface area (Å²) < 4.78 is 31.6. The number of nitrogens with two attached hydrogens (primary N) is 1. The quantitative estimate of drug-likeness (QED) is 0.538. The van der Waals surface area contributed by atoms with E-state index in [1.165, 1.54) is 0 Å². The lowest BCUT2D eigenvalue weighted by atomic mass is 10.2. The minimum absolute atomic E-state index is 0.0276. The van der Waals surface area contributed by atoms with Gasteiger partial charge in [0.15, 0.2) is 0 Å². The van der Waals surface area contributed by atoms with Crippen molar-refractivity contribution in [2.24, 2.45) is 5.92 Å². The van der Waals surface area contributed by atoms with Gasteiger partial charge in [-0.2, -0.15) is 0 Å². The molecule has 0 radical (unpaired) electrons. The molecule has 5 nitrogen and oxygen atoms in total. The molecule has 6 heteroatoms. The fraction of sp³-hybridized carbons (Fsp3) is 0.571. The van der Waals surface area contributed by atoms with Crippen molar-refractivity contribution in [2.75, 3.05) is 25.5 Å². The predicted molar refractivity (Wildman–Crippen MR) is 81.8 cm³/mol. The van der Waals surface area contributed by atoms with Gasteiger partial charge in [0.2, 0.25) is 10.0 Å². The Kier molecular flexibility index (Phi) is 6.98. The van der Waals surface area contributed by atoms with Crippen molar-refractivity contribution < 1.29 is 13.2 Å². The summed E-state index contributed by atoms with van der Waals surface area (Å²) >= 11 is 0. The van der Waals surface area contributed by atoms with Gasteiger partial charge >= 0.3 is 0 Å². The van der Waals surface area contributed by atoms with Crippen LogP contribution in [0.1, 0.15) is 25.8 Å². The van der Waals surface area contributed by atoms with Gasteiger partial charge in [-0.15, -0.1) is 0 Å². The van der Waals surface area contributed by atoms with Crippen molar-refractivity contribution in [1.29, 1.82) is 0 Å². The molecule has 1 aromatic rings. The molecule has 1 rings (SSSR count). The summed E-state index contributed by atoms with van der Waals surface area (Å²) in [5, 5.41) is 0. The summed E-state index contributed by atoms with van der Waals surface area (Å²) in [6.07, 6.45) is 0.674.